The molecule has 0 radical (unpaired) electrons. The van der Waals surface area contributed by atoms with Crippen LogP contribution in [0.1, 0.15) is 18.0 Å². The van der Waals surface area contributed by atoms with Gasteiger partial charge in [-0.25, -0.2) is 13.1 Å². The number of hydrogen-bond donors (Lipinski definition) is 2. The van der Waals surface area contributed by atoms with Gasteiger partial charge in [0.25, 0.3) is 10.0 Å². The maximum absolute atomic E-state index is 12.3. The molecule has 1 unspecified atom stereocenters. The van der Waals surface area contributed by atoms with Crippen LogP contribution in [0, 0.1) is 0 Å². The number of nitrogens with one attached hydrogen (secondary N) is 2. The van der Waals surface area contributed by atoms with Crippen LogP contribution in [-0.2, 0) is 24.3 Å². The molecule has 1 atom stereocenters. The summed E-state index contributed by atoms with van der Waals surface area (Å²) < 4.78 is 32.0. The Labute approximate surface area is 174 Å². The van der Waals surface area contributed by atoms with E-state index in [-0.39, 0.29) is 10.6 Å². The summed E-state index contributed by atoms with van der Waals surface area (Å²) in [4.78, 5) is 23.9. The van der Waals surface area contributed by atoms with Crippen LogP contribution in [0.4, 0.5) is 0 Å². The SMILES string of the molecule is COC(=O)CC(NC(=O)CNS(=O)(=O)c1ccc(Br)s1)c1ccccc1Cl. The lowest BCUT2D eigenvalue weighted by atomic mass is 10.0. The maximum atomic E-state index is 12.3. The number of hydrogen-bond acceptors (Lipinski definition) is 6. The third-order valence-electron chi connectivity index (χ3n) is 3.45. The molecule has 1 amide bonds. The van der Waals surface area contributed by atoms with Gasteiger partial charge in [-0.15, -0.1) is 11.3 Å². The van der Waals surface area contributed by atoms with Crippen molar-refractivity contribution in [2.24, 2.45) is 0 Å². The lowest BCUT2D eigenvalue weighted by Gasteiger charge is -2.19. The Morgan fingerprint density at radius 2 is 1.96 bits per heavy atom. The number of carbonyl (C=O) groups is 2. The van der Waals surface area contributed by atoms with Crippen LogP contribution in [0.25, 0.3) is 0 Å². The third kappa shape index (κ3) is 6.28. The summed E-state index contributed by atoms with van der Waals surface area (Å²) in [5.41, 5.74) is 0.531. The molecule has 7 nitrogen and oxygen atoms in total. The largest absolute Gasteiger partial charge is 0.469 e. The average molecular weight is 496 g/mol. The van der Waals surface area contributed by atoms with Crippen molar-refractivity contribution in [1.82, 2.24) is 10.0 Å². The van der Waals surface area contributed by atoms with E-state index in [1.54, 1.807) is 30.3 Å². The molecule has 0 saturated carbocycles. The lowest BCUT2D eigenvalue weighted by molar-refractivity contribution is -0.141. The third-order valence-corrected chi connectivity index (χ3v) is 7.31. The second kappa shape index (κ2) is 9.65. The molecular weight excluding hydrogens is 480 g/mol. The fraction of sp³-hybridized carbons (Fsp3) is 0.250. The molecule has 0 bridgehead atoms. The maximum Gasteiger partial charge on any atom is 0.307 e. The monoisotopic (exact) mass is 494 g/mol. The minimum atomic E-state index is -3.81. The molecule has 2 N–H and O–H groups in total. The molecule has 0 fully saturated rings. The quantitative estimate of drug-likeness (QED) is 0.548. The number of ether oxygens (including phenoxy) is 1. The molecule has 0 aliphatic carbocycles. The van der Waals surface area contributed by atoms with Crippen molar-refractivity contribution in [2.45, 2.75) is 16.7 Å². The number of halogens is 2. The molecular formula is C16H16BrClN2O5S2. The van der Waals surface area contributed by atoms with E-state index in [2.05, 4.69) is 30.7 Å². The Morgan fingerprint density at radius 1 is 1.26 bits per heavy atom. The predicted molar refractivity (Wildman–Crippen MR) is 106 cm³/mol. The predicted octanol–water partition coefficient (Wildman–Crippen LogP) is 2.86. The molecule has 1 heterocycles. The van der Waals surface area contributed by atoms with Gasteiger partial charge >= 0.3 is 5.97 Å². The molecule has 11 heteroatoms. The van der Waals surface area contributed by atoms with Crippen molar-refractivity contribution in [3.8, 4) is 0 Å². The summed E-state index contributed by atoms with van der Waals surface area (Å²) in [6.45, 7) is -0.486. The van der Waals surface area contributed by atoms with Crippen LogP contribution in [0.15, 0.2) is 44.4 Å². The van der Waals surface area contributed by atoms with Gasteiger partial charge in [-0.1, -0.05) is 29.8 Å². The highest BCUT2D eigenvalue weighted by molar-refractivity contribution is 9.11. The fourth-order valence-electron chi connectivity index (χ4n) is 2.17. The van der Waals surface area contributed by atoms with Gasteiger partial charge in [0.2, 0.25) is 5.91 Å². The highest BCUT2D eigenvalue weighted by atomic mass is 79.9. The Morgan fingerprint density at radius 3 is 2.56 bits per heavy atom. The van der Waals surface area contributed by atoms with Crippen molar-refractivity contribution in [1.29, 1.82) is 0 Å². The Kier molecular flexibility index (Phi) is 7.80. The molecule has 2 aromatic rings. The van der Waals surface area contributed by atoms with E-state index in [9.17, 15) is 18.0 Å². The molecule has 0 aliphatic heterocycles. The van der Waals surface area contributed by atoms with Crippen LogP contribution in [0.5, 0.6) is 0 Å². The van der Waals surface area contributed by atoms with E-state index in [0.717, 1.165) is 11.3 Å². The molecule has 2 rings (SSSR count). The molecule has 0 aliphatic rings. The Bertz CT molecular complexity index is 932. The van der Waals surface area contributed by atoms with Crippen LogP contribution in [-0.4, -0.2) is 33.9 Å². The first-order valence-electron chi connectivity index (χ1n) is 7.58. The van der Waals surface area contributed by atoms with Gasteiger partial charge in [0, 0.05) is 5.02 Å². The first kappa shape index (κ1) is 21.8. The standard InChI is InChI=1S/C16H16BrClN2O5S2/c1-25-15(22)8-12(10-4-2-3-5-11(10)18)20-14(21)9-19-27(23,24)16-7-6-13(17)26-16/h2-7,12,19H,8-9H2,1H3,(H,20,21). The fourth-order valence-corrected chi connectivity index (χ4v) is 5.47. The van der Waals surface area contributed by atoms with E-state index in [1.807, 2.05) is 0 Å². The minimum absolute atomic E-state index is 0.0828. The number of methoxy groups -OCH3 is 1. The molecule has 146 valence electrons. The van der Waals surface area contributed by atoms with Crippen molar-refractivity contribution < 1.29 is 22.7 Å². The van der Waals surface area contributed by atoms with Crippen LogP contribution in [0.3, 0.4) is 0 Å². The van der Waals surface area contributed by atoms with Crippen molar-refractivity contribution in [2.75, 3.05) is 13.7 Å². The van der Waals surface area contributed by atoms with Gasteiger partial charge in [-0.05, 0) is 39.7 Å². The summed E-state index contributed by atoms with van der Waals surface area (Å²) >= 11 is 10.4. The summed E-state index contributed by atoms with van der Waals surface area (Å²) in [5.74, 6) is -1.15. The van der Waals surface area contributed by atoms with Gasteiger partial charge in [0.15, 0.2) is 0 Å². The van der Waals surface area contributed by atoms with Gasteiger partial charge in [0.1, 0.15) is 4.21 Å². The molecule has 27 heavy (non-hydrogen) atoms. The molecule has 1 aromatic heterocycles. The van der Waals surface area contributed by atoms with Crippen LogP contribution < -0.4 is 10.0 Å². The highest BCUT2D eigenvalue weighted by Crippen LogP contribution is 2.26. The van der Waals surface area contributed by atoms with E-state index in [4.69, 9.17) is 11.6 Å². The number of rotatable bonds is 8. The normalized spacial score (nSPS) is 12.4. The minimum Gasteiger partial charge on any atom is -0.469 e. The second-order valence-electron chi connectivity index (χ2n) is 5.30. The van der Waals surface area contributed by atoms with Crippen LogP contribution in [0.2, 0.25) is 5.02 Å². The van der Waals surface area contributed by atoms with Crippen molar-refractivity contribution >= 4 is 60.8 Å². The van der Waals surface area contributed by atoms with Gasteiger partial charge < -0.3 is 10.1 Å². The summed E-state index contributed by atoms with van der Waals surface area (Å²) in [7, 11) is -2.57. The van der Waals surface area contributed by atoms with Gasteiger partial charge in [-0.3, -0.25) is 9.59 Å². The van der Waals surface area contributed by atoms with Gasteiger partial charge in [0.05, 0.1) is 29.9 Å². The average Bonchev–Trinajstić information content (AvgIpc) is 3.07. The first-order chi connectivity index (χ1) is 12.7. The summed E-state index contributed by atoms with van der Waals surface area (Å²) in [6, 6.07) is 9.01. The zero-order chi connectivity index (χ0) is 20.0. The lowest BCUT2D eigenvalue weighted by Crippen LogP contribution is -2.39. The number of thiophene rings is 1. The van der Waals surface area contributed by atoms with E-state index < -0.39 is 34.5 Å². The Balaban J connectivity index is 2.07. The first-order valence-corrected chi connectivity index (χ1v) is 11.1. The highest BCUT2D eigenvalue weighted by Gasteiger charge is 2.23. The van der Waals surface area contributed by atoms with Gasteiger partial charge in [-0.2, -0.15) is 0 Å². The van der Waals surface area contributed by atoms with Crippen molar-refractivity contribution in [3.63, 3.8) is 0 Å². The number of benzene rings is 1. The van der Waals surface area contributed by atoms with E-state index in [0.29, 0.717) is 14.4 Å². The summed E-state index contributed by atoms with van der Waals surface area (Å²) in [5, 5.41) is 2.98. The molecule has 0 spiro atoms. The number of sulfonamides is 1. The second-order valence-corrected chi connectivity index (χ2v) is 10.2. The number of carbonyl (C=O) groups excluding carboxylic acids is 2. The number of amides is 1. The molecule has 0 saturated heterocycles. The topological polar surface area (TPSA) is 102 Å². The van der Waals surface area contributed by atoms with Crippen molar-refractivity contribution in [3.05, 3.63) is 50.8 Å². The summed E-state index contributed by atoms with van der Waals surface area (Å²) in [6.07, 6.45) is -0.142. The van der Waals surface area contributed by atoms with Crippen LogP contribution >= 0.6 is 38.9 Å². The molecule has 1 aromatic carbocycles. The number of esters is 1. The zero-order valence-corrected chi connectivity index (χ0v) is 18.0. The zero-order valence-electron chi connectivity index (χ0n) is 14.1. The smallest absolute Gasteiger partial charge is 0.307 e. The van der Waals surface area contributed by atoms with E-state index in [1.165, 1.54) is 13.2 Å². The van der Waals surface area contributed by atoms with E-state index >= 15 is 0 Å². The Hall–Kier alpha value is -1.46.